The Morgan fingerprint density at radius 2 is 1.32 bits per heavy atom. The highest BCUT2D eigenvalue weighted by Gasteiger charge is 2.28. The lowest BCUT2D eigenvalue weighted by Gasteiger charge is -2.34. The second-order valence-corrected chi connectivity index (χ2v) is 10.5. The zero-order chi connectivity index (χ0) is 19.6. The molecule has 2 fully saturated rings. The van der Waals surface area contributed by atoms with Crippen LogP contribution < -0.4 is 0 Å². The van der Waals surface area contributed by atoms with Crippen LogP contribution in [-0.2, 0) is 0 Å². The Labute approximate surface area is 176 Å². The van der Waals surface area contributed by atoms with Gasteiger partial charge in [0.2, 0.25) is 0 Å². The van der Waals surface area contributed by atoms with Crippen molar-refractivity contribution in [1.82, 2.24) is 0 Å². The number of rotatable bonds is 9. The summed E-state index contributed by atoms with van der Waals surface area (Å²) in [7, 11) is 0. The lowest BCUT2D eigenvalue weighted by molar-refractivity contribution is 0.229. The molecule has 0 aromatic carbocycles. The van der Waals surface area contributed by atoms with Crippen LogP contribution in [0.1, 0.15) is 117 Å². The maximum atomic E-state index is 2.64. The summed E-state index contributed by atoms with van der Waals surface area (Å²) >= 11 is 0. The second kappa shape index (κ2) is 12.2. The molecule has 0 aromatic heterocycles. The second-order valence-electron chi connectivity index (χ2n) is 10.5. The molecule has 0 aromatic rings. The van der Waals surface area contributed by atoms with Crippen molar-refractivity contribution in [3.63, 3.8) is 0 Å². The standard InChI is InChI=1S/C28H48/c1-3-5-6-8-24-15-19-27(20-16-24)28-21-17-26(18-22-28)14-13-25-11-9-23(7-4-2)10-12-25/h13-15,19,23-28H,3-12,16-18,20-22H2,1-2H3. The average molecular weight is 385 g/mol. The maximum Gasteiger partial charge on any atom is -0.0205 e. The fourth-order valence-electron chi connectivity index (χ4n) is 6.35. The van der Waals surface area contributed by atoms with E-state index in [1.807, 2.05) is 0 Å². The van der Waals surface area contributed by atoms with Gasteiger partial charge in [-0.05, 0) is 106 Å². The van der Waals surface area contributed by atoms with Crippen molar-refractivity contribution in [2.24, 2.45) is 35.5 Å². The molecule has 28 heavy (non-hydrogen) atoms. The minimum atomic E-state index is 0.888. The first-order chi connectivity index (χ1) is 13.8. The molecule has 0 spiro atoms. The van der Waals surface area contributed by atoms with Gasteiger partial charge in [0.25, 0.3) is 0 Å². The summed E-state index contributed by atoms with van der Waals surface area (Å²) in [4.78, 5) is 0. The first-order valence-corrected chi connectivity index (χ1v) is 13.1. The fraction of sp³-hybridized carbons (Fsp3) is 0.857. The predicted octanol–water partition coefficient (Wildman–Crippen LogP) is 9.12. The van der Waals surface area contributed by atoms with Crippen LogP contribution in [0.25, 0.3) is 0 Å². The lowest BCUT2D eigenvalue weighted by Crippen LogP contribution is -2.22. The van der Waals surface area contributed by atoms with Crippen molar-refractivity contribution in [3.8, 4) is 0 Å². The highest BCUT2D eigenvalue weighted by Crippen LogP contribution is 2.40. The third kappa shape index (κ3) is 7.07. The Hall–Kier alpha value is -0.520. The van der Waals surface area contributed by atoms with Crippen molar-refractivity contribution in [1.29, 1.82) is 0 Å². The molecule has 0 heteroatoms. The molecule has 0 heterocycles. The highest BCUT2D eigenvalue weighted by atomic mass is 14.3. The Bertz CT molecular complexity index is 456. The van der Waals surface area contributed by atoms with Crippen molar-refractivity contribution in [3.05, 3.63) is 24.3 Å². The Kier molecular flexibility index (Phi) is 9.69. The van der Waals surface area contributed by atoms with Crippen LogP contribution >= 0.6 is 0 Å². The molecule has 160 valence electrons. The molecular formula is C28H48. The van der Waals surface area contributed by atoms with E-state index < -0.39 is 0 Å². The van der Waals surface area contributed by atoms with E-state index in [9.17, 15) is 0 Å². The van der Waals surface area contributed by atoms with Crippen LogP contribution in [0.5, 0.6) is 0 Å². The Morgan fingerprint density at radius 1 is 0.643 bits per heavy atom. The van der Waals surface area contributed by atoms with Gasteiger partial charge in [0.05, 0.1) is 0 Å². The molecule has 2 atom stereocenters. The third-order valence-electron chi connectivity index (χ3n) is 8.35. The molecule has 2 unspecified atom stereocenters. The van der Waals surface area contributed by atoms with E-state index in [2.05, 4.69) is 38.2 Å². The Balaban J connectivity index is 1.33. The van der Waals surface area contributed by atoms with E-state index in [1.165, 1.54) is 103 Å². The average Bonchev–Trinajstić information content (AvgIpc) is 2.75. The van der Waals surface area contributed by atoms with E-state index in [-0.39, 0.29) is 0 Å². The predicted molar refractivity (Wildman–Crippen MR) is 124 cm³/mol. The van der Waals surface area contributed by atoms with E-state index in [4.69, 9.17) is 0 Å². The van der Waals surface area contributed by atoms with Gasteiger partial charge in [0.15, 0.2) is 0 Å². The molecule has 2 saturated carbocycles. The molecule has 0 amide bonds. The van der Waals surface area contributed by atoms with E-state index in [0.717, 1.165) is 35.5 Å². The van der Waals surface area contributed by atoms with Crippen LogP contribution in [0.3, 0.4) is 0 Å². The summed E-state index contributed by atoms with van der Waals surface area (Å²) in [6.07, 6.45) is 33.7. The molecule has 3 aliphatic rings. The van der Waals surface area contributed by atoms with Gasteiger partial charge in [-0.1, -0.05) is 70.3 Å². The Morgan fingerprint density at radius 3 is 1.89 bits per heavy atom. The van der Waals surface area contributed by atoms with Gasteiger partial charge >= 0.3 is 0 Å². The first-order valence-electron chi connectivity index (χ1n) is 13.1. The molecule has 0 nitrogen and oxygen atoms in total. The first kappa shape index (κ1) is 22.2. The summed E-state index contributed by atoms with van der Waals surface area (Å²) in [6.45, 7) is 4.66. The smallest absolute Gasteiger partial charge is 0.0205 e. The van der Waals surface area contributed by atoms with Gasteiger partial charge in [-0.15, -0.1) is 0 Å². The van der Waals surface area contributed by atoms with E-state index in [0.29, 0.717) is 0 Å². The van der Waals surface area contributed by atoms with Crippen LogP contribution in [0.4, 0.5) is 0 Å². The molecule has 0 saturated heterocycles. The van der Waals surface area contributed by atoms with Crippen molar-refractivity contribution < 1.29 is 0 Å². The molecule has 0 bridgehead atoms. The summed E-state index contributed by atoms with van der Waals surface area (Å²) in [5.41, 5.74) is 0. The highest BCUT2D eigenvalue weighted by molar-refractivity contribution is 5.02. The van der Waals surface area contributed by atoms with Crippen LogP contribution in [0.2, 0.25) is 0 Å². The minimum absolute atomic E-state index is 0.888. The monoisotopic (exact) mass is 384 g/mol. The van der Waals surface area contributed by atoms with Gasteiger partial charge in [-0.3, -0.25) is 0 Å². The summed E-state index contributed by atoms with van der Waals surface area (Å²) in [5, 5.41) is 0. The van der Waals surface area contributed by atoms with Gasteiger partial charge < -0.3 is 0 Å². The number of allylic oxidation sites excluding steroid dienone is 4. The van der Waals surface area contributed by atoms with Crippen LogP contribution in [0, 0.1) is 35.5 Å². The fourth-order valence-corrected chi connectivity index (χ4v) is 6.35. The van der Waals surface area contributed by atoms with Crippen LogP contribution in [0.15, 0.2) is 24.3 Å². The van der Waals surface area contributed by atoms with Crippen LogP contribution in [-0.4, -0.2) is 0 Å². The minimum Gasteiger partial charge on any atom is -0.0851 e. The maximum absolute atomic E-state index is 2.64. The quantitative estimate of drug-likeness (QED) is 0.274. The molecule has 3 rings (SSSR count). The van der Waals surface area contributed by atoms with Gasteiger partial charge in [0, 0.05) is 0 Å². The largest absolute Gasteiger partial charge is 0.0851 e. The molecule has 0 radical (unpaired) electrons. The molecule has 3 aliphatic carbocycles. The van der Waals surface area contributed by atoms with Gasteiger partial charge in [0.1, 0.15) is 0 Å². The van der Waals surface area contributed by atoms with E-state index >= 15 is 0 Å². The van der Waals surface area contributed by atoms with Crippen molar-refractivity contribution in [2.75, 3.05) is 0 Å². The number of unbranched alkanes of at least 4 members (excludes halogenated alkanes) is 2. The third-order valence-corrected chi connectivity index (χ3v) is 8.35. The topological polar surface area (TPSA) is 0 Å². The number of hydrogen-bond donors (Lipinski definition) is 0. The SMILES string of the molecule is CCCCCC1C=CC(C2CCC(C=CC3CCC(CCC)CC3)CC2)CC1. The molecule has 0 aliphatic heterocycles. The molecular weight excluding hydrogens is 336 g/mol. The zero-order valence-corrected chi connectivity index (χ0v) is 19.1. The summed E-state index contributed by atoms with van der Waals surface area (Å²) in [6, 6.07) is 0. The summed E-state index contributed by atoms with van der Waals surface area (Å²) < 4.78 is 0. The summed E-state index contributed by atoms with van der Waals surface area (Å²) in [5.74, 6) is 5.62. The zero-order valence-electron chi connectivity index (χ0n) is 19.1. The van der Waals surface area contributed by atoms with Gasteiger partial charge in [-0.25, -0.2) is 0 Å². The lowest BCUT2D eigenvalue weighted by atomic mass is 9.71. The van der Waals surface area contributed by atoms with Gasteiger partial charge in [-0.2, -0.15) is 0 Å². The molecule has 0 N–H and O–H groups in total. The number of hydrogen-bond acceptors (Lipinski definition) is 0. The normalized spacial score (nSPS) is 36.8. The van der Waals surface area contributed by atoms with Crippen molar-refractivity contribution >= 4 is 0 Å². The van der Waals surface area contributed by atoms with E-state index in [1.54, 1.807) is 0 Å². The van der Waals surface area contributed by atoms with Crippen molar-refractivity contribution in [2.45, 2.75) is 117 Å².